The van der Waals surface area contributed by atoms with E-state index in [4.69, 9.17) is 0 Å². The Bertz CT molecular complexity index is 402. The third kappa shape index (κ3) is 4.49. The minimum absolute atomic E-state index is 0.106. The van der Waals surface area contributed by atoms with Gasteiger partial charge in [0.25, 0.3) is 0 Å². The number of nitrogens with zero attached hydrogens (tertiary/aromatic N) is 2. The van der Waals surface area contributed by atoms with E-state index < -0.39 is 0 Å². The number of hydrogen-bond acceptors (Lipinski definition) is 4. The van der Waals surface area contributed by atoms with Crippen molar-refractivity contribution < 1.29 is 4.79 Å². The van der Waals surface area contributed by atoms with E-state index >= 15 is 0 Å². The Morgan fingerprint density at radius 3 is 2.85 bits per heavy atom. The van der Waals surface area contributed by atoms with Crippen LogP contribution in [0, 0.1) is 0 Å². The molecule has 20 heavy (non-hydrogen) atoms. The van der Waals surface area contributed by atoms with Gasteiger partial charge in [0, 0.05) is 25.3 Å². The highest BCUT2D eigenvalue weighted by molar-refractivity contribution is 5.78. The third-order valence-electron chi connectivity index (χ3n) is 3.55. The number of aromatic nitrogens is 1. The van der Waals surface area contributed by atoms with E-state index in [2.05, 4.69) is 27.4 Å². The monoisotopic (exact) mass is 276 g/mol. The van der Waals surface area contributed by atoms with Crippen LogP contribution >= 0.6 is 0 Å². The van der Waals surface area contributed by atoms with Crippen LogP contribution in [0.2, 0.25) is 0 Å². The summed E-state index contributed by atoms with van der Waals surface area (Å²) in [4.78, 5) is 18.4. The predicted molar refractivity (Wildman–Crippen MR) is 80.8 cm³/mol. The minimum Gasteiger partial charge on any atom is -0.356 e. The largest absolute Gasteiger partial charge is 0.356 e. The lowest BCUT2D eigenvalue weighted by Crippen LogP contribution is -2.47. The Morgan fingerprint density at radius 2 is 2.20 bits per heavy atom. The van der Waals surface area contributed by atoms with Gasteiger partial charge in [0.2, 0.25) is 5.91 Å². The van der Waals surface area contributed by atoms with Crippen molar-refractivity contribution in [1.29, 1.82) is 0 Å². The average molecular weight is 276 g/mol. The lowest BCUT2D eigenvalue weighted by molar-refractivity contribution is -0.121. The second-order valence-electron chi connectivity index (χ2n) is 5.19. The minimum atomic E-state index is 0.106. The van der Waals surface area contributed by atoms with Crippen LogP contribution in [-0.4, -0.2) is 43.1 Å². The van der Waals surface area contributed by atoms with E-state index in [-0.39, 0.29) is 5.91 Å². The van der Waals surface area contributed by atoms with Gasteiger partial charge in [-0.05, 0) is 37.9 Å². The van der Waals surface area contributed by atoms with Gasteiger partial charge in [0.05, 0.1) is 6.54 Å². The number of carbonyl (C=O) groups excluding carboxylic acids is 1. The molecule has 1 aliphatic heterocycles. The van der Waals surface area contributed by atoms with Crippen molar-refractivity contribution in [3.63, 3.8) is 0 Å². The fourth-order valence-corrected chi connectivity index (χ4v) is 2.45. The molecule has 2 rings (SSSR count). The Hall–Kier alpha value is -1.62. The second-order valence-corrected chi connectivity index (χ2v) is 5.19. The fourth-order valence-electron chi connectivity index (χ4n) is 2.45. The number of anilines is 1. The Labute approximate surface area is 120 Å². The predicted octanol–water partition coefficient (Wildman–Crippen LogP) is 1.17. The maximum atomic E-state index is 11.7. The molecule has 0 spiro atoms. The Kier molecular flexibility index (Phi) is 5.80. The topological polar surface area (TPSA) is 57.3 Å². The van der Waals surface area contributed by atoms with Crippen molar-refractivity contribution >= 4 is 11.7 Å². The standard InChI is InChI=1S/C15H24N4O/c1-2-8-16-12-15(20)18-13-6-10-19(11-7-13)14-5-3-4-9-17-14/h3-5,9,13,16H,2,6-8,10-12H2,1H3,(H,18,20). The van der Waals surface area contributed by atoms with Crippen LogP contribution in [0.25, 0.3) is 0 Å². The molecule has 0 aliphatic carbocycles. The van der Waals surface area contributed by atoms with Crippen LogP contribution in [0.4, 0.5) is 5.82 Å². The molecule has 1 saturated heterocycles. The van der Waals surface area contributed by atoms with Gasteiger partial charge in [-0.15, -0.1) is 0 Å². The lowest BCUT2D eigenvalue weighted by Gasteiger charge is -2.33. The molecule has 0 atom stereocenters. The van der Waals surface area contributed by atoms with Gasteiger partial charge in [-0.1, -0.05) is 13.0 Å². The zero-order valence-corrected chi connectivity index (χ0v) is 12.1. The van der Waals surface area contributed by atoms with Gasteiger partial charge in [-0.25, -0.2) is 4.98 Å². The van der Waals surface area contributed by atoms with Gasteiger partial charge in [-0.2, -0.15) is 0 Å². The SMILES string of the molecule is CCCNCC(=O)NC1CCN(c2ccccn2)CC1. The number of carbonyl (C=O) groups is 1. The molecule has 5 heteroatoms. The van der Waals surface area contributed by atoms with Crippen LogP contribution < -0.4 is 15.5 Å². The lowest BCUT2D eigenvalue weighted by atomic mass is 10.0. The van der Waals surface area contributed by atoms with Gasteiger partial charge < -0.3 is 15.5 Å². The quantitative estimate of drug-likeness (QED) is 0.766. The van der Waals surface area contributed by atoms with Crippen LogP contribution in [-0.2, 0) is 4.79 Å². The molecule has 2 heterocycles. The highest BCUT2D eigenvalue weighted by atomic mass is 16.1. The number of rotatable bonds is 6. The molecule has 2 N–H and O–H groups in total. The number of hydrogen-bond donors (Lipinski definition) is 2. The fraction of sp³-hybridized carbons (Fsp3) is 0.600. The number of nitrogens with one attached hydrogen (secondary N) is 2. The van der Waals surface area contributed by atoms with E-state index in [1.54, 1.807) is 0 Å². The summed E-state index contributed by atoms with van der Waals surface area (Å²) in [6, 6.07) is 6.27. The summed E-state index contributed by atoms with van der Waals surface area (Å²) in [5, 5.41) is 6.23. The second kappa shape index (κ2) is 7.85. The molecule has 1 aromatic rings. The summed E-state index contributed by atoms with van der Waals surface area (Å²) in [7, 11) is 0. The molecule has 0 unspecified atom stereocenters. The Balaban J connectivity index is 1.70. The summed E-state index contributed by atoms with van der Waals surface area (Å²) in [6.45, 7) is 5.31. The van der Waals surface area contributed by atoms with Crippen molar-refractivity contribution in [3.05, 3.63) is 24.4 Å². The summed E-state index contributed by atoms with van der Waals surface area (Å²) in [6.07, 6.45) is 4.84. The first kappa shape index (κ1) is 14.8. The molecule has 0 aromatic carbocycles. The first-order valence-corrected chi connectivity index (χ1v) is 7.45. The van der Waals surface area contributed by atoms with Crippen LogP contribution in [0.3, 0.4) is 0 Å². The van der Waals surface area contributed by atoms with E-state index in [0.717, 1.165) is 44.7 Å². The van der Waals surface area contributed by atoms with Crippen LogP contribution in [0.1, 0.15) is 26.2 Å². The molecule has 1 fully saturated rings. The van der Waals surface area contributed by atoms with Crippen molar-refractivity contribution in [2.24, 2.45) is 0 Å². The highest BCUT2D eigenvalue weighted by Gasteiger charge is 2.21. The first-order chi connectivity index (χ1) is 9.79. The number of piperidine rings is 1. The summed E-state index contributed by atoms with van der Waals surface area (Å²) in [5.41, 5.74) is 0. The molecule has 1 aromatic heterocycles. The van der Waals surface area contributed by atoms with Gasteiger partial charge >= 0.3 is 0 Å². The van der Waals surface area contributed by atoms with Crippen LogP contribution in [0.5, 0.6) is 0 Å². The van der Waals surface area contributed by atoms with E-state index in [1.165, 1.54) is 0 Å². The summed E-state index contributed by atoms with van der Waals surface area (Å²) >= 11 is 0. The van der Waals surface area contributed by atoms with Crippen molar-refractivity contribution in [2.75, 3.05) is 31.1 Å². The summed E-state index contributed by atoms with van der Waals surface area (Å²) in [5.74, 6) is 1.14. The van der Waals surface area contributed by atoms with Gasteiger partial charge in [-0.3, -0.25) is 4.79 Å². The first-order valence-electron chi connectivity index (χ1n) is 7.45. The normalized spacial score (nSPS) is 16.1. The molecular weight excluding hydrogens is 252 g/mol. The zero-order chi connectivity index (χ0) is 14.2. The van der Waals surface area contributed by atoms with E-state index in [1.807, 2.05) is 24.4 Å². The van der Waals surface area contributed by atoms with Crippen LogP contribution in [0.15, 0.2) is 24.4 Å². The van der Waals surface area contributed by atoms with Crippen molar-refractivity contribution in [2.45, 2.75) is 32.2 Å². The molecule has 1 amide bonds. The van der Waals surface area contributed by atoms with Gasteiger partial charge in [0.1, 0.15) is 5.82 Å². The number of pyridine rings is 1. The molecule has 5 nitrogen and oxygen atoms in total. The summed E-state index contributed by atoms with van der Waals surface area (Å²) < 4.78 is 0. The van der Waals surface area contributed by atoms with E-state index in [0.29, 0.717) is 12.6 Å². The average Bonchev–Trinajstić information content (AvgIpc) is 2.49. The van der Waals surface area contributed by atoms with Crippen molar-refractivity contribution in [3.8, 4) is 0 Å². The molecule has 0 saturated carbocycles. The maximum absolute atomic E-state index is 11.7. The van der Waals surface area contributed by atoms with E-state index in [9.17, 15) is 4.79 Å². The molecule has 110 valence electrons. The molecule has 1 aliphatic rings. The smallest absolute Gasteiger partial charge is 0.234 e. The Morgan fingerprint density at radius 1 is 1.40 bits per heavy atom. The maximum Gasteiger partial charge on any atom is 0.234 e. The zero-order valence-electron chi connectivity index (χ0n) is 12.1. The molecule has 0 bridgehead atoms. The highest BCUT2D eigenvalue weighted by Crippen LogP contribution is 2.16. The molecule has 0 radical (unpaired) electrons. The third-order valence-corrected chi connectivity index (χ3v) is 3.55. The van der Waals surface area contributed by atoms with Crippen molar-refractivity contribution in [1.82, 2.24) is 15.6 Å². The van der Waals surface area contributed by atoms with Gasteiger partial charge in [0.15, 0.2) is 0 Å². The number of amides is 1. The molecular formula is C15H24N4O.